The zero-order valence-corrected chi connectivity index (χ0v) is 25.0. The molecule has 3 aliphatic heterocycles. The van der Waals surface area contributed by atoms with E-state index < -0.39 is 0 Å². The third-order valence-corrected chi connectivity index (χ3v) is 10.9. The molecule has 3 saturated heterocycles. The summed E-state index contributed by atoms with van der Waals surface area (Å²) in [6, 6.07) is 25.4. The quantitative estimate of drug-likeness (QED) is 0.247. The van der Waals surface area contributed by atoms with Crippen LogP contribution in [0.1, 0.15) is 72.7 Å². The number of pyridine rings is 1. The summed E-state index contributed by atoms with van der Waals surface area (Å²) in [6.45, 7) is 4.86. The monoisotopic (exact) mass is 572 g/mol. The van der Waals surface area contributed by atoms with Gasteiger partial charge in [-0.3, -0.25) is 9.69 Å². The summed E-state index contributed by atoms with van der Waals surface area (Å²) in [5.74, 6) is 1.26. The van der Waals surface area contributed by atoms with E-state index in [-0.39, 0.29) is 11.3 Å². The minimum atomic E-state index is 0.0905. The van der Waals surface area contributed by atoms with Crippen LogP contribution in [-0.4, -0.2) is 66.9 Å². The van der Waals surface area contributed by atoms with Crippen LogP contribution >= 0.6 is 0 Å². The van der Waals surface area contributed by atoms with Gasteiger partial charge in [0.2, 0.25) is 0 Å². The zero-order chi connectivity index (χ0) is 29.0. The van der Waals surface area contributed by atoms with Gasteiger partial charge < -0.3 is 14.5 Å². The molecule has 0 aliphatic carbocycles. The number of hydrogen-bond donors (Lipinski definition) is 1. The minimum absolute atomic E-state index is 0.0905. The molecule has 5 aromatic rings. The van der Waals surface area contributed by atoms with Gasteiger partial charge in [0.25, 0.3) is 5.91 Å². The van der Waals surface area contributed by atoms with E-state index in [0.717, 1.165) is 66.8 Å². The van der Waals surface area contributed by atoms with Crippen molar-refractivity contribution in [3.8, 4) is 0 Å². The summed E-state index contributed by atoms with van der Waals surface area (Å²) in [7, 11) is 0. The van der Waals surface area contributed by atoms with Gasteiger partial charge in [-0.1, -0.05) is 42.5 Å². The van der Waals surface area contributed by atoms with Gasteiger partial charge in [-0.2, -0.15) is 0 Å². The van der Waals surface area contributed by atoms with Crippen molar-refractivity contribution in [1.82, 2.24) is 29.3 Å². The van der Waals surface area contributed by atoms with Crippen LogP contribution < -0.4 is 0 Å². The lowest BCUT2D eigenvalue weighted by Crippen LogP contribution is -2.49. The standard InChI is InChI=1S/C36H40N6O/c1-25-39-32-11-5-6-12-33(32)42(25)29-22-27-13-14-28(23-29)41(27)21-17-36(26-8-3-2-4-9-26)15-19-40(20-16-36)35(43)31-24-38-34-30(31)10-7-18-37-34/h2-12,18,24,27-29H,13-17,19-23H2,1H3,(H,37,38). The molecule has 7 nitrogen and oxygen atoms in total. The number of rotatable bonds is 6. The summed E-state index contributed by atoms with van der Waals surface area (Å²) in [5, 5.41) is 0.908. The van der Waals surface area contributed by atoms with Crippen molar-refractivity contribution < 1.29 is 4.79 Å². The molecule has 220 valence electrons. The molecule has 3 fully saturated rings. The van der Waals surface area contributed by atoms with Crippen LogP contribution in [0.25, 0.3) is 22.1 Å². The number of nitrogens with zero attached hydrogens (tertiary/aromatic N) is 5. The van der Waals surface area contributed by atoms with Crippen molar-refractivity contribution in [3.63, 3.8) is 0 Å². The first kappa shape index (κ1) is 26.6. The number of H-pyrrole nitrogens is 1. The second-order valence-electron chi connectivity index (χ2n) is 13.1. The van der Waals surface area contributed by atoms with Crippen LogP contribution in [-0.2, 0) is 5.41 Å². The highest BCUT2D eigenvalue weighted by atomic mass is 16.2. The number of nitrogens with one attached hydrogen (secondary N) is 1. The third-order valence-electron chi connectivity index (χ3n) is 10.9. The number of carbonyl (C=O) groups excluding carboxylic acids is 1. The van der Waals surface area contributed by atoms with E-state index in [1.54, 1.807) is 6.20 Å². The summed E-state index contributed by atoms with van der Waals surface area (Å²) in [5.41, 5.74) is 5.43. The van der Waals surface area contributed by atoms with E-state index in [4.69, 9.17) is 4.98 Å². The molecule has 2 aromatic carbocycles. The van der Waals surface area contributed by atoms with E-state index in [1.807, 2.05) is 18.3 Å². The number of likely N-dealkylation sites (tertiary alicyclic amines) is 1. The molecule has 0 radical (unpaired) electrons. The predicted molar refractivity (Wildman–Crippen MR) is 170 cm³/mol. The van der Waals surface area contributed by atoms with E-state index >= 15 is 0 Å². The van der Waals surface area contributed by atoms with E-state index in [1.165, 1.54) is 36.8 Å². The number of piperidine rings is 2. The molecule has 3 aliphatic rings. The maximum absolute atomic E-state index is 13.6. The Morgan fingerprint density at radius 3 is 2.47 bits per heavy atom. The van der Waals surface area contributed by atoms with Crippen molar-refractivity contribution in [3.05, 3.63) is 96.1 Å². The fraction of sp³-hybridized carbons (Fsp3) is 0.417. The van der Waals surface area contributed by atoms with Gasteiger partial charge in [-0.15, -0.1) is 0 Å². The maximum Gasteiger partial charge on any atom is 0.256 e. The second-order valence-corrected chi connectivity index (χ2v) is 13.1. The minimum Gasteiger partial charge on any atom is -0.345 e. The average Bonchev–Trinajstić information content (AvgIpc) is 3.70. The molecule has 6 heterocycles. The summed E-state index contributed by atoms with van der Waals surface area (Å²) < 4.78 is 2.53. The number of benzene rings is 2. The molecule has 8 rings (SSSR count). The van der Waals surface area contributed by atoms with Gasteiger partial charge >= 0.3 is 0 Å². The number of aryl methyl sites for hydroxylation is 1. The normalized spacial score (nSPS) is 23.7. The van der Waals surface area contributed by atoms with Gasteiger partial charge in [0.15, 0.2) is 0 Å². The van der Waals surface area contributed by atoms with Crippen molar-refractivity contribution in [1.29, 1.82) is 0 Å². The molecule has 0 spiro atoms. The Morgan fingerprint density at radius 1 is 0.930 bits per heavy atom. The highest BCUT2D eigenvalue weighted by molar-refractivity contribution is 6.05. The molecule has 43 heavy (non-hydrogen) atoms. The molecule has 1 amide bonds. The Bertz CT molecular complexity index is 1750. The number of amides is 1. The van der Waals surface area contributed by atoms with Gasteiger partial charge in [0.1, 0.15) is 11.5 Å². The van der Waals surface area contributed by atoms with E-state index in [0.29, 0.717) is 18.1 Å². The van der Waals surface area contributed by atoms with Gasteiger partial charge in [0.05, 0.1) is 16.6 Å². The number of aromatic nitrogens is 4. The Kier molecular flexibility index (Phi) is 6.59. The SMILES string of the molecule is Cc1nc2ccccc2n1C1CC2CCC(C1)N2CCC1(c2ccccc2)CCN(C(=O)c2c[nH]c3ncccc23)CC1. The zero-order valence-electron chi connectivity index (χ0n) is 25.0. The highest BCUT2D eigenvalue weighted by Gasteiger charge is 2.44. The highest BCUT2D eigenvalue weighted by Crippen LogP contribution is 2.45. The molecule has 2 bridgehead atoms. The van der Waals surface area contributed by atoms with Crippen molar-refractivity contribution in [2.75, 3.05) is 19.6 Å². The summed E-state index contributed by atoms with van der Waals surface area (Å²) in [6.07, 6.45) is 11.7. The number of hydrogen-bond acceptors (Lipinski definition) is 4. The Labute approximate surface area is 252 Å². The number of carbonyl (C=O) groups is 1. The Hall–Kier alpha value is -3.97. The van der Waals surface area contributed by atoms with Gasteiger partial charge in [-0.05, 0) is 93.7 Å². The Morgan fingerprint density at radius 2 is 1.67 bits per heavy atom. The number of fused-ring (bicyclic) bond motifs is 4. The molecule has 2 atom stereocenters. The van der Waals surface area contributed by atoms with Crippen molar-refractivity contribution >= 4 is 28.0 Å². The summed E-state index contributed by atoms with van der Waals surface area (Å²) >= 11 is 0. The van der Waals surface area contributed by atoms with E-state index in [2.05, 4.69) is 85.9 Å². The largest absolute Gasteiger partial charge is 0.345 e. The molecule has 1 N–H and O–H groups in total. The first-order valence-electron chi connectivity index (χ1n) is 16.1. The maximum atomic E-state index is 13.6. The second kappa shape index (κ2) is 10.6. The molecule has 7 heteroatoms. The van der Waals surface area contributed by atoms with Crippen LogP contribution in [0, 0.1) is 6.92 Å². The lowest BCUT2D eigenvalue weighted by Gasteiger charge is -2.45. The number of imidazole rings is 1. The lowest BCUT2D eigenvalue weighted by atomic mass is 9.70. The fourth-order valence-corrected chi connectivity index (χ4v) is 8.71. The smallest absolute Gasteiger partial charge is 0.256 e. The Balaban J connectivity index is 0.987. The van der Waals surface area contributed by atoms with Gasteiger partial charge in [0, 0.05) is 49.0 Å². The van der Waals surface area contributed by atoms with Gasteiger partial charge in [-0.25, -0.2) is 9.97 Å². The summed E-state index contributed by atoms with van der Waals surface area (Å²) in [4.78, 5) is 31.0. The van der Waals surface area contributed by atoms with Crippen LogP contribution in [0.4, 0.5) is 0 Å². The predicted octanol–water partition coefficient (Wildman–Crippen LogP) is 6.65. The van der Waals surface area contributed by atoms with Crippen LogP contribution in [0.2, 0.25) is 0 Å². The first-order valence-corrected chi connectivity index (χ1v) is 16.1. The van der Waals surface area contributed by atoms with Crippen molar-refractivity contribution in [2.45, 2.75) is 75.4 Å². The topological polar surface area (TPSA) is 70.1 Å². The lowest BCUT2D eigenvalue weighted by molar-refractivity contribution is 0.0608. The van der Waals surface area contributed by atoms with Crippen LogP contribution in [0.5, 0.6) is 0 Å². The number of aromatic amines is 1. The molecule has 3 aromatic heterocycles. The van der Waals surface area contributed by atoms with Crippen LogP contribution in [0.3, 0.4) is 0 Å². The first-order chi connectivity index (χ1) is 21.1. The third kappa shape index (κ3) is 4.56. The van der Waals surface area contributed by atoms with E-state index in [9.17, 15) is 4.79 Å². The average molecular weight is 573 g/mol. The molecule has 0 saturated carbocycles. The molecular weight excluding hydrogens is 532 g/mol. The number of para-hydroxylation sites is 2. The van der Waals surface area contributed by atoms with Crippen molar-refractivity contribution in [2.24, 2.45) is 0 Å². The van der Waals surface area contributed by atoms with Crippen LogP contribution in [0.15, 0.2) is 79.1 Å². The fourth-order valence-electron chi connectivity index (χ4n) is 8.71. The molecular formula is C36H40N6O. The molecule has 2 unspecified atom stereocenters.